The van der Waals surface area contributed by atoms with Gasteiger partial charge in [0.2, 0.25) is 5.91 Å². The number of nitrogens with zero attached hydrogens (tertiary/aromatic N) is 1. The highest BCUT2D eigenvalue weighted by Gasteiger charge is 2.56. The molecule has 5 nitrogen and oxygen atoms in total. The molecule has 2 aliphatic rings. The summed E-state index contributed by atoms with van der Waals surface area (Å²) in [5.41, 5.74) is -1.65. The fourth-order valence-electron chi connectivity index (χ4n) is 2.09. The molecular formula is C10H13F2NO4. The van der Waals surface area contributed by atoms with E-state index in [1.807, 2.05) is 0 Å². The van der Waals surface area contributed by atoms with Gasteiger partial charge >= 0.3 is 5.97 Å². The molecule has 96 valence electrons. The third kappa shape index (κ3) is 1.99. The van der Waals surface area contributed by atoms with Crippen LogP contribution in [0.1, 0.15) is 12.8 Å². The van der Waals surface area contributed by atoms with Crippen LogP contribution in [0.2, 0.25) is 0 Å². The number of carboxylic acid groups (broad SMARTS) is 1. The quantitative estimate of drug-likeness (QED) is 0.717. The van der Waals surface area contributed by atoms with E-state index >= 15 is 0 Å². The van der Waals surface area contributed by atoms with Crippen molar-refractivity contribution in [2.45, 2.75) is 18.8 Å². The molecule has 2 aliphatic heterocycles. The highest BCUT2D eigenvalue weighted by atomic mass is 19.3. The Labute approximate surface area is 96.3 Å². The monoisotopic (exact) mass is 249 g/mol. The zero-order chi connectivity index (χ0) is 12.7. The molecule has 0 unspecified atom stereocenters. The summed E-state index contributed by atoms with van der Waals surface area (Å²) >= 11 is 0. The van der Waals surface area contributed by atoms with Gasteiger partial charge < -0.3 is 14.7 Å². The lowest BCUT2D eigenvalue weighted by atomic mass is 9.83. The number of carbonyl (C=O) groups is 2. The molecule has 1 N–H and O–H groups in total. The van der Waals surface area contributed by atoms with E-state index in [-0.39, 0.29) is 32.6 Å². The maximum absolute atomic E-state index is 13.2. The number of carbonyl (C=O) groups excluding carboxylic acids is 1. The topological polar surface area (TPSA) is 66.8 Å². The first-order valence-electron chi connectivity index (χ1n) is 5.36. The van der Waals surface area contributed by atoms with Gasteiger partial charge in [-0.25, -0.2) is 8.78 Å². The Kier molecular flexibility index (Phi) is 2.81. The summed E-state index contributed by atoms with van der Waals surface area (Å²) in [6.07, 6.45) is -0.0668. The minimum absolute atomic E-state index is 0.184. The normalized spacial score (nSPS) is 26.1. The Morgan fingerprint density at radius 1 is 1.29 bits per heavy atom. The first kappa shape index (κ1) is 12.2. The van der Waals surface area contributed by atoms with Crippen LogP contribution < -0.4 is 0 Å². The Balaban J connectivity index is 2.12. The molecule has 0 saturated carbocycles. The van der Waals surface area contributed by atoms with Crippen molar-refractivity contribution in [2.75, 3.05) is 26.3 Å². The van der Waals surface area contributed by atoms with Crippen molar-refractivity contribution < 1.29 is 28.2 Å². The van der Waals surface area contributed by atoms with E-state index in [1.54, 1.807) is 0 Å². The van der Waals surface area contributed by atoms with Crippen LogP contribution in [0.15, 0.2) is 0 Å². The smallest absolute Gasteiger partial charge is 0.324 e. The van der Waals surface area contributed by atoms with Crippen molar-refractivity contribution in [3.63, 3.8) is 0 Å². The van der Waals surface area contributed by atoms with Gasteiger partial charge in [-0.3, -0.25) is 9.59 Å². The van der Waals surface area contributed by atoms with E-state index in [1.165, 1.54) is 0 Å². The highest BCUT2D eigenvalue weighted by Crippen LogP contribution is 2.34. The van der Waals surface area contributed by atoms with E-state index in [2.05, 4.69) is 0 Å². The van der Waals surface area contributed by atoms with Crippen LogP contribution in [0, 0.1) is 5.41 Å². The summed E-state index contributed by atoms with van der Waals surface area (Å²) in [5, 5.41) is 9.00. The number of ether oxygens (including phenoxy) is 1. The molecule has 7 heteroatoms. The number of amides is 1. The van der Waals surface area contributed by atoms with E-state index in [0.717, 1.165) is 4.90 Å². The van der Waals surface area contributed by atoms with Crippen LogP contribution in [0.3, 0.4) is 0 Å². The number of hydrogen-bond donors (Lipinski definition) is 1. The third-order valence-electron chi connectivity index (χ3n) is 3.20. The van der Waals surface area contributed by atoms with Crippen molar-refractivity contribution in [1.29, 1.82) is 0 Å². The standard InChI is InChI=1S/C10H13F2NO4/c11-10(12)2-1-3-13(4-10)7(14)9(8(15)16)5-17-6-9/h1-6H2,(H,15,16). The average Bonchev–Trinajstić information content (AvgIpc) is 2.13. The van der Waals surface area contributed by atoms with Crippen molar-refractivity contribution in [1.82, 2.24) is 4.90 Å². The van der Waals surface area contributed by atoms with E-state index in [4.69, 9.17) is 9.84 Å². The van der Waals surface area contributed by atoms with Crippen LogP contribution in [-0.4, -0.2) is 54.1 Å². The summed E-state index contributed by atoms with van der Waals surface area (Å²) in [6, 6.07) is 0. The first-order valence-corrected chi connectivity index (χ1v) is 5.36. The Hall–Kier alpha value is -1.24. The number of carboxylic acids is 1. The summed E-state index contributed by atoms with van der Waals surface area (Å²) in [5.74, 6) is -4.98. The Morgan fingerprint density at radius 2 is 1.94 bits per heavy atom. The number of piperidine rings is 1. The first-order chi connectivity index (χ1) is 7.87. The summed E-state index contributed by atoms with van der Waals surface area (Å²) < 4.78 is 31.1. The van der Waals surface area contributed by atoms with E-state index < -0.39 is 29.8 Å². The molecule has 2 fully saturated rings. The van der Waals surface area contributed by atoms with Crippen LogP contribution in [0.5, 0.6) is 0 Å². The number of aliphatic carboxylic acids is 1. The number of rotatable bonds is 2. The maximum atomic E-state index is 13.2. The Morgan fingerprint density at radius 3 is 2.35 bits per heavy atom. The summed E-state index contributed by atoms with van der Waals surface area (Å²) in [6.45, 7) is -0.975. The molecule has 2 saturated heterocycles. The third-order valence-corrected chi connectivity index (χ3v) is 3.20. The molecule has 0 aliphatic carbocycles. The second-order valence-electron chi connectivity index (χ2n) is 4.57. The van der Waals surface area contributed by atoms with Crippen molar-refractivity contribution in [2.24, 2.45) is 5.41 Å². The number of alkyl halides is 2. The summed E-state index contributed by atoms with van der Waals surface area (Å²) in [7, 11) is 0. The molecule has 17 heavy (non-hydrogen) atoms. The van der Waals surface area contributed by atoms with Gasteiger partial charge in [-0.2, -0.15) is 0 Å². The molecule has 0 bridgehead atoms. The van der Waals surface area contributed by atoms with Crippen molar-refractivity contribution in [3.8, 4) is 0 Å². The number of likely N-dealkylation sites (tertiary alicyclic amines) is 1. The lowest BCUT2D eigenvalue weighted by molar-refractivity contribution is -0.195. The predicted molar refractivity (Wildman–Crippen MR) is 51.6 cm³/mol. The fraction of sp³-hybridized carbons (Fsp3) is 0.800. The number of hydrogen-bond acceptors (Lipinski definition) is 3. The zero-order valence-corrected chi connectivity index (χ0v) is 9.12. The largest absolute Gasteiger partial charge is 0.480 e. The molecule has 0 atom stereocenters. The van der Waals surface area contributed by atoms with Gasteiger partial charge in [0, 0.05) is 13.0 Å². The minimum atomic E-state index is -2.92. The molecule has 0 aromatic rings. The van der Waals surface area contributed by atoms with Gasteiger partial charge in [-0.1, -0.05) is 0 Å². The fourth-order valence-corrected chi connectivity index (χ4v) is 2.09. The SMILES string of the molecule is O=C(O)C1(C(=O)N2CCCC(F)(F)C2)COC1. The number of halogens is 2. The lowest BCUT2D eigenvalue weighted by Crippen LogP contribution is -2.62. The highest BCUT2D eigenvalue weighted by molar-refractivity contribution is 6.03. The second kappa shape index (κ2) is 3.90. The van der Waals surface area contributed by atoms with Crippen LogP contribution in [0.4, 0.5) is 8.78 Å². The molecule has 0 spiro atoms. The van der Waals surface area contributed by atoms with Gasteiger partial charge in [0.25, 0.3) is 5.92 Å². The van der Waals surface area contributed by atoms with E-state index in [0.29, 0.717) is 0 Å². The molecule has 0 aromatic carbocycles. The van der Waals surface area contributed by atoms with Gasteiger partial charge in [-0.15, -0.1) is 0 Å². The van der Waals surface area contributed by atoms with Crippen molar-refractivity contribution in [3.05, 3.63) is 0 Å². The Bertz CT molecular complexity index is 354. The van der Waals surface area contributed by atoms with E-state index in [9.17, 15) is 18.4 Å². The molecule has 0 aromatic heterocycles. The minimum Gasteiger partial charge on any atom is -0.480 e. The van der Waals surface area contributed by atoms with Crippen molar-refractivity contribution >= 4 is 11.9 Å². The van der Waals surface area contributed by atoms with Gasteiger partial charge in [0.1, 0.15) is 0 Å². The van der Waals surface area contributed by atoms with Crippen LogP contribution in [0.25, 0.3) is 0 Å². The molecule has 2 heterocycles. The predicted octanol–water partition coefficient (Wildman–Crippen LogP) is 0.345. The molecular weight excluding hydrogens is 236 g/mol. The molecule has 1 amide bonds. The van der Waals surface area contributed by atoms with Crippen LogP contribution in [-0.2, 0) is 14.3 Å². The van der Waals surface area contributed by atoms with Crippen LogP contribution >= 0.6 is 0 Å². The second-order valence-corrected chi connectivity index (χ2v) is 4.57. The molecule has 0 radical (unpaired) electrons. The lowest BCUT2D eigenvalue weighted by Gasteiger charge is -2.42. The summed E-state index contributed by atoms with van der Waals surface area (Å²) in [4.78, 5) is 23.9. The van der Waals surface area contributed by atoms with Gasteiger partial charge in [-0.05, 0) is 6.42 Å². The van der Waals surface area contributed by atoms with Gasteiger partial charge in [0.15, 0.2) is 5.41 Å². The molecule has 2 rings (SSSR count). The van der Waals surface area contributed by atoms with Gasteiger partial charge in [0.05, 0.1) is 19.8 Å². The zero-order valence-electron chi connectivity index (χ0n) is 9.12. The average molecular weight is 249 g/mol. The maximum Gasteiger partial charge on any atom is 0.324 e.